The van der Waals surface area contributed by atoms with Gasteiger partial charge in [0.15, 0.2) is 5.70 Å². The molecule has 2 heterocycles. The first-order valence-corrected chi connectivity index (χ1v) is 6.31. The second-order valence-electron chi connectivity index (χ2n) is 4.43. The van der Waals surface area contributed by atoms with Crippen LogP contribution in [0.3, 0.4) is 0 Å². The van der Waals surface area contributed by atoms with Crippen molar-refractivity contribution in [3.8, 4) is 0 Å². The summed E-state index contributed by atoms with van der Waals surface area (Å²) in [6, 6.07) is 9.24. The highest BCUT2D eigenvalue weighted by atomic mass is 16.6. The van der Waals surface area contributed by atoms with Gasteiger partial charge in [0.25, 0.3) is 5.69 Å². The third-order valence-electron chi connectivity index (χ3n) is 2.94. The zero-order chi connectivity index (χ0) is 15.5. The van der Waals surface area contributed by atoms with Crippen molar-refractivity contribution in [3.63, 3.8) is 0 Å². The summed E-state index contributed by atoms with van der Waals surface area (Å²) < 4.78 is 5.09. The van der Waals surface area contributed by atoms with Crippen molar-refractivity contribution in [2.75, 3.05) is 0 Å². The van der Waals surface area contributed by atoms with Crippen molar-refractivity contribution < 1.29 is 14.5 Å². The third kappa shape index (κ3) is 2.73. The second kappa shape index (κ2) is 5.57. The van der Waals surface area contributed by atoms with Crippen LogP contribution in [0.25, 0.3) is 6.08 Å². The number of nitro groups is 1. The maximum atomic E-state index is 11.8. The Labute approximate surface area is 124 Å². The van der Waals surface area contributed by atoms with Gasteiger partial charge >= 0.3 is 5.97 Å². The number of hydrogen-bond donors (Lipinski definition) is 0. The molecule has 0 atom stereocenters. The van der Waals surface area contributed by atoms with Gasteiger partial charge in [-0.3, -0.25) is 15.1 Å². The number of nitro benzene ring substituents is 1. The van der Waals surface area contributed by atoms with Gasteiger partial charge in [-0.2, -0.15) is 0 Å². The number of hydrogen-bond acceptors (Lipinski definition) is 6. The number of ether oxygens (including phenoxy) is 1. The zero-order valence-corrected chi connectivity index (χ0v) is 11.2. The summed E-state index contributed by atoms with van der Waals surface area (Å²) in [5.74, 6) is -0.386. The van der Waals surface area contributed by atoms with Crippen LogP contribution >= 0.6 is 0 Å². The molecule has 0 saturated carbocycles. The fourth-order valence-electron chi connectivity index (χ4n) is 1.87. The van der Waals surface area contributed by atoms with E-state index in [0.29, 0.717) is 11.1 Å². The molecular formula is C15H9N3O4. The van der Waals surface area contributed by atoms with E-state index in [2.05, 4.69) is 9.98 Å². The second-order valence-corrected chi connectivity index (χ2v) is 4.43. The summed E-state index contributed by atoms with van der Waals surface area (Å²) in [5.41, 5.74) is 1.33. The quantitative estimate of drug-likeness (QED) is 0.375. The van der Waals surface area contributed by atoms with Crippen molar-refractivity contribution >= 4 is 23.6 Å². The predicted molar refractivity (Wildman–Crippen MR) is 77.9 cm³/mol. The van der Waals surface area contributed by atoms with E-state index in [1.165, 1.54) is 30.3 Å². The van der Waals surface area contributed by atoms with Gasteiger partial charge in [-0.05, 0) is 35.9 Å². The van der Waals surface area contributed by atoms with E-state index in [-0.39, 0.29) is 17.3 Å². The maximum absolute atomic E-state index is 11.8. The third-order valence-corrected chi connectivity index (χ3v) is 2.94. The predicted octanol–water partition coefficient (Wildman–Crippen LogP) is 2.33. The molecule has 0 N–H and O–H groups in total. The van der Waals surface area contributed by atoms with Gasteiger partial charge in [0.2, 0.25) is 5.90 Å². The van der Waals surface area contributed by atoms with Crippen molar-refractivity contribution in [1.29, 1.82) is 0 Å². The fourth-order valence-corrected chi connectivity index (χ4v) is 1.87. The summed E-state index contributed by atoms with van der Waals surface area (Å²) >= 11 is 0. The molecule has 0 radical (unpaired) electrons. The first-order valence-electron chi connectivity index (χ1n) is 6.31. The molecule has 1 aromatic heterocycles. The first kappa shape index (κ1) is 13.6. The lowest BCUT2D eigenvalue weighted by Gasteiger charge is -1.96. The standard InChI is InChI=1S/C15H9N3O4/c19-15-13(8-10-3-5-12(6-4-10)18(20)21)17-14(22-15)11-2-1-7-16-9-11/h1-9H. The van der Waals surface area contributed by atoms with Crippen LogP contribution in [-0.4, -0.2) is 21.8 Å². The number of pyridine rings is 1. The number of carbonyl (C=O) groups excluding carboxylic acids is 1. The minimum Gasteiger partial charge on any atom is -0.402 e. The summed E-state index contributed by atoms with van der Waals surface area (Å²) in [6.45, 7) is 0. The van der Waals surface area contributed by atoms with E-state index < -0.39 is 10.9 Å². The minimum absolute atomic E-state index is 0.0179. The number of benzene rings is 1. The first-order chi connectivity index (χ1) is 10.6. The van der Waals surface area contributed by atoms with Gasteiger partial charge in [0.05, 0.1) is 10.5 Å². The number of aromatic nitrogens is 1. The molecule has 0 aliphatic carbocycles. The lowest BCUT2D eigenvalue weighted by atomic mass is 10.2. The van der Waals surface area contributed by atoms with E-state index in [9.17, 15) is 14.9 Å². The molecule has 1 aliphatic heterocycles. The molecule has 1 aliphatic rings. The van der Waals surface area contributed by atoms with E-state index in [1.807, 2.05) is 0 Å². The van der Waals surface area contributed by atoms with E-state index in [0.717, 1.165) is 0 Å². The Kier molecular flexibility index (Phi) is 3.45. The molecule has 22 heavy (non-hydrogen) atoms. The number of nitrogens with zero attached hydrogens (tertiary/aromatic N) is 3. The molecule has 7 heteroatoms. The van der Waals surface area contributed by atoms with E-state index in [4.69, 9.17) is 4.74 Å². The molecule has 0 unspecified atom stereocenters. The topological polar surface area (TPSA) is 94.7 Å². The van der Waals surface area contributed by atoms with Gasteiger partial charge in [-0.1, -0.05) is 0 Å². The van der Waals surface area contributed by atoms with Crippen LogP contribution in [0.2, 0.25) is 0 Å². The van der Waals surface area contributed by atoms with Crippen LogP contribution in [0.4, 0.5) is 5.69 Å². The van der Waals surface area contributed by atoms with Gasteiger partial charge in [-0.25, -0.2) is 9.79 Å². The average molecular weight is 295 g/mol. The fraction of sp³-hybridized carbons (Fsp3) is 0. The number of esters is 1. The molecule has 2 aromatic rings. The van der Waals surface area contributed by atoms with Crippen molar-refractivity contribution in [1.82, 2.24) is 4.98 Å². The smallest absolute Gasteiger partial charge is 0.363 e. The van der Waals surface area contributed by atoms with Crippen LogP contribution in [0.5, 0.6) is 0 Å². The van der Waals surface area contributed by atoms with Crippen molar-refractivity contribution in [3.05, 3.63) is 75.7 Å². The summed E-state index contributed by atoms with van der Waals surface area (Å²) in [6.07, 6.45) is 4.66. The SMILES string of the molecule is O=C1OC(c2cccnc2)=NC1=Cc1ccc([N+](=O)[O-])cc1. The Morgan fingerprint density at radius 2 is 1.95 bits per heavy atom. The molecule has 7 nitrogen and oxygen atoms in total. The Hall–Kier alpha value is -3.35. The maximum Gasteiger partial charge on any atom is 0.363 e. The molecular weight excluding hydrogens is 286 g/mol. The number of cyclic esters (lactones) is 1. The van der Waals surface area contributed by atoms with Gasteiger partial charge in [-0.15, -0.1) is 0 Å². The molecule has 0 fully saturated rings. The molecule has 0 spiro atoms. The van der Waals surface area contributed by atoms with Crippen LogP contribution < -0.4 is 0 Å². The van der Waals surface area contributed by atoms with Crippen LogP contribution in [-0.2, 0) is 9.53 Å². The number of non-ortho nitro benzene ring substituents is 1. The van der Waals surface area contributed by atoms with Crippen LogP contribution in [0.1, 0.15) is 11.1 Å². The van der Waals surface area contributed by atoms with E-state index in [1.54, 1.807) is 24.5 Å². The largest absolute Gasteiger partial charge is 0.402 e. The van der Waals surface area contributed by atoms with Gasteiger partial charge in [0, 0.05) is 24.5 Å². The minimum atomic E-state index is -0.572. The summed E-state index contributed by atoms with van der Waals surface area (Å²) in [7, 11) is 0. The molecule has 0 amide bonds. The Morgan fingerprint density at radius 1 is 1.18 bits per heavy atom. The molecule has 1 aromatic carbocycles. The molecule has 3 rings (SSSR count). The van der Waals surface area contributed by atoms with Gasteiger partial charge < -0.3 is 4.74 Å². The molecule has 0 bridgehead atoms. The number of aliphatic imine (C=N–C) groups is 1. The highest BCUT2D eigenvalue weighted by Crippen LogP contribution is 2.20. The Balaban J connectivity index is 1.89. The molecule has 0 saturated heterocycles. The van der Waals surface area contributed by atoms with E-state index >= 15 is 0 Å². The molecule has 108 valence electrons. The average Bonchev–Trinajstić information content (AvgIpc) is 2.90. The zero-order valence-electron chi connectivity index (χ0n) is 11.2. The normalized spacial score (nSPS) is 15.5. The Bertz CT molecular complexity index is 795. The Morgan fingerprint density at radius 3 is 2.59 bits per heavy atom. The lowest BCUT2D eigenvalue weighted by molar-refractivity contribution is -0.384. The highest BCUT2D eigenvalue weighted by molar-refractivity contribution is 6.12. The van der Waals surface area contributed by atoms with Crippen molar-refractivity contribution in [2.45, 2.75) is 0 Å². The van der Waals surface area contributed by atoms with Crippen LogP contribution in [0, 0.1) is 10.1 Å². The summed E-state index contributed by atoms with van der Waals surface area (Å²) in [4.78, 5) is 30.0. The highest BCUT2D eigenvalue weighted by Gasteiger charge is 2.24. The van der Waals surface area contributed by atoms with Gasteiger partial charge in [0.1, 0.15) is 0 Å². The number of carbonyl (C=O) groups is 1. The number of rotatable bonds is 3. The summed E-state index contributed by atoms with van der Waals surface area (Å²) in [5, 5.41) is 10.6. The monoisotopic (exact) mass is 295 g/mol. The lowest BCUT2D eigenvalue weighted by Crippen LogP contribution is -2.05. The van der Waals surface area contributed by atoms with Crippen LogP contribution in [0.15, 0.2) is 59.5 Å². The van der Waals surface area contributed by atoms with Crippen molar-refractivity contribution in [2.24, 2.45) is 4.99 Å².